The summed E-state index contributed by atoms with van der Waals surface area (Å²) in [6, 6.07) is 9.67. The van der Waals surface area contributed by atoms with E-state index in [1.54, 1.807) is 14.0 Å². The van der Waals surface area contributed by atoms with Gasteiger partial charge in [-0.15, -0.1) is 0 Å². The minimum absolute atomic E-state index is 0.0298. The highest BCUT2D eigenvalue weighted by atomic mass is 32.2. The molecule has 0 unspecified atom stereocenters. The van der Waals surface area contributed by atoms with E-state index in [-0.39, 0.29) is 23.6 Å². The molecule has 1 N–H and O–H groups in total. The second-order valence-electron chi connectivity index (χ2n) is 6.13. The summed E-state index contributed by atoms with van der Waals surface area (Å²) in [4.78, 5) is 25.7. The number of benzene rings is 1. The number of carbonyl (C=O) groups excluding carboxylic acids is 2. The molecule has 0 amide bonds. The lowest BCUT2D eigenvalue weighted by Crippen LogP contribution is -2.32. The Hall–Kier alpha value is -2.05. The van der Waals surface area contributed by atoms with Crippen molar-refractivity contribution in [1.82, 2.24) is 5.32 Å². The van der Waals surface area contributed by atoms with E-state index < -0.39 is 0 Å². The van der Waals surface area contributed by atoms with E-state index in [1.165, 1.54) is 11.8 Å². The summed E-state index contributed by atoms with van der Waals surface area (Å²) >= 11 is 1.22. The van der Waals surface area contributed by atoms with Gasteiger partial charge >= 0.3 is 5.97 Å². The zero-order valence-corrected chi connectivity index (χ0v) is 17.2. The Morgan fingerprint density at radius 1 is 1.15 bits per heavy atom. The highest BCUT2D eigenvalue weighted by Gasteiger charge is 2.36. The van der Waals surface area contributed by atoms with E-state index in [2.05, 4.69) is 5.32 Å². The van der Waals surface area contributed by atoms with Gasteiger partial charge in [-0.1, -0.05) is 49.0 Å². The fraction of sp³-hybridized carbons (Fsp3) is 0.429. The molecule has 1 aliphatic heterocycles. The molecule has 1 aromatic carbocycles. The molecule has 0 spiro atoms. The van der Waals surface area contributed by atoms with Crippen LogP contribution in [0.5, 0.6) is 0 Å². The van der Waals surface area contributed by atoms with Crippen LogP contribution in [-0.2, 0) is 19.1 Å². The van der Waals surface area contributed by atoms with Crippen LogP contribution in [0.4, 0.5) is 0 Å². The lowest BCUT2D eigenvalue weighted by atomic mass is 9.82. The number of rotatable bonds is 8. The highest BCUT2D eigenvalue weighted by Crippen LogP contribution is 2.38. The molecule has 0 fully saturated rings. The van der Waals surface area contributed by atoms with Crippen LogP contribution < -0.4 is 5.32 Å². The molecule has 0 saturated heterocycles. The second-order valence-corrected chi connectivity index (χ2v) is 7.20. The molecular formula is C21H27NO4S. The molecule has 1 atom stereocenters. The van der Waals surface area contributed by atoms with Gasteiger partial charge in [0, 0.05) is 30.1 Å². The van der Waals surface area contributed by atoms with Gasteiger partial charge in [-0.05, 0) is 25.8 Å². The second kappa shape index (κ2) is 10.3. The van der Waals surface area contributed by atoms with Gasteiger partial charge in [0.25, 0.3) is 0 Å². The summed E-state index contributed by atoms with van der Waals surface area (Å²) in [5, 5.41) is 3.27. The van der Waals surface area contributed by atoms with E-state index in [0.717, 1.165) is 17.0 Å². The summed E-state index contributed by atoms with van der Waals surface area (Å²) in [6.07, 6.45) is 0.634. The van der Waals surface area contributed by atoms with Crippen molar-refractivity contribution in [3.8, 4) is 0 Å². The predicted molar refractivity (Wildman–Crippen MR) is 109 cm³/mol. The molecule has 5 nitrogen and oxygen atoms in total. The first-order valence-electron chi connectivity index (χ1n) is 9.15. The summed E-state index contributed by atoms with van der Waals surface area (Å²) < 4.78 is 10.4. The van der Waals surface area contributed by atoms with Gasteiger partial charge in [-0.3, -0.25) is 4.79 Å². The van der Waals surface area contributed by atoms with Crippen LogP contribution in [0.2, 0.25) is 0 Å². The normalized spacial score (nSPS) is 17.0. The maximum absolute atomic E-state index is 12.9. The Labute approximate surface area is 165 Å². The maximum Gasteiger partial charge on any atom is 0.336 e. The van der Waals surface area contributed by atoms with E-state index >= 15 is 0 Å². The lowest BCUT2D eigenvalue weighted by molar-refractivity contribution is -0.139. The van der Waals surface area contributed by atoms with Crippen molar-refractivity contribution in [3.63, 3.8) is 0 Å². The van der Waals surface area contributed by atoms with Gasteiger partial charge in [0.2, 0.25) is 5.12 Å². The average Bonchev–Trinajstić information content (AvgIpc) is 2.67. The average molecular weight is 390 g/mol. The minimum atomic E-state index is -0.379. The molecule has 0 radical (unpaired) electrons. The van der Waals surface area contributed by atoms with Crippen molar-refractivity contribution in [1.29, 1.82) is 0 Å². The molecule has 0 bridgehead atoms. The molecule has 6 heteroatoms. The first kappa shape index (κ1) is 21.3. The number of esters is 1. The Bertz CT molecular complexity index is 740. The first-order valence-corrected chi connectivity index (χ1v) is 10.1. The van der Waals surface area contributed by atoms with Crippen LogP contribution in [-0.4, -0.2) is 37.2 Å². The number of hydrogen-bond acceptors (Lipinski definition) is 6. The number of nitrogens with one attached hydrogen (secondary N) is 1. The van der Waals surface area contributed by atoms with Crippen LogP contribution in [0.25, 0.3) is 5.70 Å². The van der Waals surface area contributed by atoms with Crippen molar-refractivity contribution >= 4 is 28.5 Å². The minimum Gasteiger partial charge on any atom is -0.463 e. The molecule has 1 aliphatic rings. The molecule has 146 valence electrons. The highest BCUT2D eigenvalue weighted by molar-refractivity contribution is 8.14. The van der Waals surface area contributed by atoms with Gasteiger partial charge in [0.15, 0.2) is 0 Å². The summed E-state index contributed by atoms with van der Waals surface area (Å²) in [5.74, 6) is -0.106. The van der Waals surface area contributed by atoms with Crippen LogP contribution in [0.3, 0.4) is 0 Å². The SMILES string of the molecule is CCOC(=O)C1=C(c2ccccc2)NC(C)=C(C(=O)SCCOC)[C@@H]1CC. The quantitative estimate of drug-likeness (QED) is 0.539. The van der Waals surface area contributed by atoms with E-state index in [1.807, 2.05) is 44.2 Å². The molecular weight excluding hydrogens is 362 g/mol. The predicted octanol–water partition coefficient (Wildman–Crippen LogP) is 3.77. The molecule has 0 aromatic heterocycles. The van der Waals surface area contributed by atoms with Gasteiger partial charge in [-0.25, -0.2) is 4.79 Å². The summed E-state index contributed by atoms with van der Waals surface area (Å²) in [5.41, 5.74) is 3.56. The van der Waals surface area contributed by atoms with Crippen molar-refractivity contribution in [3.05, 3.63) is 52.7 Å². The third-order valence-corrected chi connectivity index (χ3v) is 5.24. The third kappa shape index (κ3) is 5.02. The Balaban J connectivity index is 2.48. The van der Waals surface area contributed by atoms with Gasteiger partial charge < -0.3 is 14.8 Å². The number of thioether (sulfide) groups is 1. The zero-order valence-electron chi connectivity index (χ0n) is 16.3. The van der Waals surface area contributed by atoms with Crippen molar-refractivity contribution in [2.24, 2.45) is 5.92 Å². The largest absolute Gasteiger partial charge is 0.463 e. The van der Waals surface area contributed by atoms with E-state index in [0.29, 0.717) is 29.9 Å². The lowest BCUT2D eigenvalue weighted by Gasteiger charge is -2.31. The molecule has 2 rings (SSSR count). The number of carbonyl (C=O) groups is 2. The summed E-state index contributed by atoms with van der Waals surface area (Å²) in [7, 11) is 1.61. The van der Waals surface area contributed by atoms with E-state index in [9.17, 15) is 9.59 Å². The third-order valence-electron chi connectivity index (χ3n) is 4.39. The smallest absolute Gasteiger partial charge is 0.336 e. The fourth-order valence-electron chi connectivity index (χ4n) is 3.19. The molecule has 0 aliphatic carbocycles. The molecule has 1 aromatic rings. The van der Waals surface area contributed by atoms with Crippen LogP contribution in [0.15, 0.2) is 47.2 Å². The van der Waals surface area contributed by atoms with E-state index in [4.69, 9.17) is 9.47 Å². The topological polar surface area (TPSA) is 64.6 Å². The fourth-order valence-corrected chi connectivity index (χ4v) is 4.07. The zero-order chi connectivity index (χ0) is 19.8. The number of dihydropyridines is 1. The standard InChI is InChI=1S/C21H27NO4S/c1-5-16-17(21(24)27-13-12-25-4)14(3)22-19(15-10-8-7-9-11-15)18(16)20(23)26-6-2/h7-11,16,22H,5-6,12-13H2,1-4H3/t16-/m0/s1. The van der Waals surface area contributed by atoms with Gasteiger partial charge in [0.05, 0.1) is 24.5 Å². The van der Waals surface area contributed by atoms with Crippen LogP contribution in [0.1, 0.15) is 32.8 Å². The van der Waals surface area contributed by atoms with Gasteiger partial charge in [-0.2, -0.15) is 0 Å². The number of methoxy groups -OCH3 is 1. The summed E-state index contributed by atoms with van der Waals surface area (Å²) in [6.45, 7) is 6.44. The monoisotopic (exact) mass is 389 g/mol. The molecule has 1 heterocycles. The number of ether oxygens (including phenoxy) is 2. The first-order chi connectivity index (χ1) is 13.0. The Kier molecular flexibility index (Phi) is 8.13. The van der Waals surface area contributed by atoms with Crippen LogP contribution >= 0.6 is 11.8 Å². The Morgan fingerprint density at radius 2 is 1.85 bits per heavy atom. The number of allylic oxidation sites excluding steroid dienone is 1. The number of hydrogen-bond donors (Lipinski definition) is 1. The van der Waals surface area contributed by atoms with Crippen molar-refractivity contribution in [2.75, 3.05) is 26.1 Å². The Morgan fingerprint density at radius 3 is 2.44 bits per heavy atom. The van der Waals surface area contributed by atoms with Crippen molar-refractivity contribution < 1.29 is 19.1 Å². The van der Waals surface area contributed by atoms with Gasteiger partial charge in [0.1, 0.15) is 0 Å². The van der Waals surface area contributed by atoms with Crippen LogP contribution in [0, 0.1) is 5.92 Å². The van der Waals surface area contributed by atoms with Crippen molar-refractivity contribution in [2.45, 2.75) is 27.2 Å². The maximum atomic E-state index is 12.9. The molecule has 0 saturated carbocycles. The molecule has 27 heavy (non-hydrogen) atoms.